The van der Waals surface area contributed by atoms with Gasteiger partial charge in [-0.3, -0.25) is 19.3 Å². The summed E-state index contributed by atoms with van der Waals surface area (Å²) in [5.74, 6) is -0.545. The van der Waals surface area contributed by atoms with Crippen LogP contribution in [0, 0.1) is 0 Å². The van der Waals surface area contributed by atoms with E-state index in [1.807, 2.05) is 17.5 Å². The molecule has 1 aromatic heterocycles. The number of thiazole rings is 1. The fourth-order valence-electron chi connectivity index (χ4n) is 3.46. The highest BCUT2D eigenvalue weighted by Crippen LogP contribution is 2.23. The van der Waals surface area contributed by atoms with E-state index < -0.39 is 0 Å². The van der Waals surface area contributed by atoms with E-state index >= 15 is 0 Å². The number of benzene rings is 2. The molecular weight excluding hydrogens is 398 g/mol. The van der Waals surface area contributed by atoms with Crippen molar-refractivity contribution in [3.05, 3.63) is 81.9 Å². The molecule has 0 spiro atoms. The van der Waals surface area contributed by atoms with Gasteiger partial charge in [-0.25, -0.2) is 4.98 Å². The van der Waals surface area contributed by atoms with Crippen molar-refractivity contribution in [1.29, 1.82) is 0 Å². The van der Waals surface area contributed by atoms with Crippen LogP contribution < -0.4 is 5.32 Å². The van der Waals surface area contributed by atoms with Gasteiger partial charge in [0.05, 0.1) is 16.8 Å². The predicted octanol–water partition coefficient (Wildman–Crippen LogP) is 3.73. The smallest absolute Gasteiger partial charge is 0.261 e. The standard InChI is InChI=1S/C23H21N3O3S/c1-15(27)24-23-25-18(14-30-23)11-10-16-6-8-17(9-7-16)12-13-26-21(28)19-4-2-3-5-20(19)22(26)29/h2-9,14H,10-13H2,1H3,(H,24,25,27). The molecule has 0 saturated heterocycles. The summed E-state index contributed by atoms with van der Waals surface area (Å²) in [6.45, 7) is 1.84. The average molecular weight is 420 g/mol. The van der Waals surface area contributed by atoms with Gasteiger partial charge in [0, 0.05) is 18.8 Å². The number of anilines is 1. The van der Waals surface area contributed by atoms with Gasteiger partial charge >= 0.3 is 0 Å². The second-order valence-electron chi connectivity index (χ2n) is 7.20. The highest BCUT2D eigenvalue weighted by Gasteiger charge is 2.34. The molecule has 0 bridgehead atoms. The van der Waals surface area contributed by atoms with Gasteiger partial charge in [-0.1, -0.05) is 36.4 Å². The SMILES string of the molecule is CC(=O)Nc1nc(CCc2ccc(CCN3C(=O)c4ccccc4C3=O)cc2)cs1. The zero-order chi connectivity index (χ0) is 21.1. The zero-order valence-corrected chi connectivity index (χ0v) is 17.4. The van der Waals surface area contributed by atoms with Crippen molar-refractivity contribution < 1.29 is 14.4 Å². The van der Waals surface area contributed by atoms with E-state index in [0.717, 1.165) is 24.1 Å². The van der Waals surface area contributed by atoms with Crippen LogP contribution in [0.4, 0.5) is 5.13 Å². The van der Waals surface area contributed by atoms with Gasteiger partial charge in [0.2, 0.25) is 5.91 Å². The van der Waals surface area contributed by atoms with Crippen LogP contribution in [0.25, 0.3) is 0 Å². The Morgan fingerprint density at radius 1 is 0.933 bits per heavy atom. The first-order valence-corrected chi connectivity index (χ1v) is 10.6. The minimum Gasteiger partial charge on any atom is -0.302 e. The molecule has 1 N–H and O–H groups in total. The minimum absolute atomic E-state index is 0.118. The highest BCUT2D eigenvalue weighted by atomic mass is 32.1. The van der Waals surface area contributed by atoms with Crippen LogP contribution >= 0.6 is 11.3 Å². The summed E-state index contributed by atoms with van der Waals surface area (Å²) in [5.41, 5.74) is 4.20. The summed E-state index contributed by atoms with van der Waals surface area (Å²) < 4.78 is 0. The van der Waals surface area contributed by atoms with Gasteiger partial charge in [-0.05, 0) is 42.5 Å². The van der Waals surface area contributed by atoms with Crippen LogP contribution in [-0.2, 0) is 24.1 Å². The monoisotopic (exact) mass is 419 g/mol. The minimum atomic E-state index is -0.214. The van der Waals surface area contributed by atoms with E-state index in [0.29, 0.717) is 29.2 Å². The summed E-state index contributed by atoms with van der Waals surface area (Å²) in [6.07, 6.45) is 2.27. The number of rotatable bonds is 7. The Hall–Kier alpha value is -3.32. The van der Waals surface area contributed by atoms with E-state index in [9.17, 15) is 14.4 Å². The first kappa shape index (κ1) is 20.0. The topological polar surface area (TPSA) is 79.4 Å². The molecule has 30 heavy (non-hydrogen) atoms. The molecule has 0 saturated carbocycles. The summed E-state index contributed by atoms with van der Waals surface area (Å²) in [5, 5.41) is 5.28. The number of aromatic nitrogens is 1. The lowest BCUT2D eigenvalue weighted by molar-refractivity contribution is -0.114. The highest BCUT2D eigenvalue weighted by molar-refractivity contribution is 7.13. The first-order valence-electron chi connectivity index (χ1n) is 9.76. The van der Waals surface area contributed by atoms with Crippen molar-refractivity contribution in [2.75, 3.05) is 11.9 Å². The number of hydrogen-bond acceptors (Lipinski definition) is 5. The van der Waals surface area contributed by atoms with Gasteiger partial charge in [0.1, 0.15) is 0 Å². The molecule has 4 rings (SSSR count). The van der Waals surface area contributed by atoms with Crippen molar-refractivity contribution in [1.82, 2.24) is 9.88 Å². The molecule has 0 atom stereocenters. The van der Waals surface area contributed by atoms with E-state index in [1.165, 1.54) is 28.7 Å². The zero-order valence-electron chi connectivity index (χ0n) is 16.6. The van der Waals surface area contributed by atoms with E-state index in [1.54, 1.807) is 24.3 Å². The Morgan fingerprint density at radius 3 is 2.13 bits per heavy atom. The number of carbonyl (C=O) groups excluding carboxylic acids is 3. The normalized spacial score (nSPS) is 12.9. The lowest BCUT2D eigenvalue weighted by Crippen LogP contribution is -2.31. The number of nitrogens with one attached hydrogen (secondary N) is 1. The Labute approximate surface area is 178 Å². The molecule has 0 radical (unpaired) electrons. The molecule has 6 nitrogen and oxygen atoms in total. The second kappa shape index (κ2) is 8.59. The van der Waals surface area contributed by atoms with Crippen LogP contribution in [0.2, 0.25) is 0 Å². The van der Waals surface area contributed by atoms with Crippen LogP contribution in [0.5, 0.6) is 0 Å². The summed E-state index contributed by atoms with van der Waals surface area (Å²) in [7, 11) is 0. The molecule has 0 aliphatic carbocycles. The van der Waals surface area contributed by atoms with Gasteiger partial charge < -0.3 is 5.32 Å². The van der Waals surface area contributed by atoms with Crippen molar-refractivity contribution in [3.63, 3.8) is 0 Å². The average Bonchev–Trinajstić information content (AvgIpc) is 3.28. The molecule has 1 aliphatic rings. The summed E-state index contributed by atoms with van der Waals surface area (Å²) in [4.78, 5) is 41.7. The number of fused-ring (bicyclic) bond motifs is 1. The maximum Gasteiger partial charge on any atom is 0.261 e. The lowest BCUT2D eigenvalue weighted by atomic mass is 10.0. The second-order valence-corrected chi connectivity index (χ2v) is 8.06. The summed E-state index contributed by atoms with van der Waals surface area (Å²) >= 11 is 1.43. The van der Waals surface area contributed by atoms with Crippen LogP contribution in [0.15, 0.2) is 53.9 Å². The number of amides is 3. The molecule has 2 aromatic carbocycles. The molecule has 1 aliphatic heterocycles. The molecule has 7 heteroatoms. The third-order valence-electron chi connectivity index (χ3n) is 5.03. The molecule has 0 fully saturated rings. The molecular formula is C23H21N3O3S. The third kappa shape index (κ3) is 4.31. The van der Waals surface area contributed by atoms with Crippen molar-refractivity contribution in [2.45, 2.75) is 26.2 Å². The van der Waals surface area contributed by atoms with Crippen LogP contribution in [-0.4, -0.2) is 34.2 Å². The predicted molar refractivity (Wildman–Crippen MR) is 116 cm³/mol. The fourth-order valence-corrected chi connectivity index (χ4v) is 4.25. The lowest BCUT2D eigenvalue weighted by Gasteiger charge is -2.13. The number of imide groups is 1. The van der Waals surface area contributed by atoms with Gasteiger partial charge in [0.25, 0.3) is 11.8 Å². The van der Waals surface area contributed by atoms with Crippen LogP contribution in [0.3, 0.4) is 0 Å². The molecule has 2 heterocycles. The Morgan fingerprint density at radius 2 is 1.53 bits per heavy atom. The quantitative estimate of drug-likeness (QED) is 0.592. The number of hydrogen-bond donors (Lipinski definition) is 1. The van der Waals surface area contributed by atoms with Crippen molar-refractivity contribution in [3.8, 4) is 0 Å². The van der Waals surface area contributed by atoms with Crippen molar-refractivity contribution >= 4 is 34.2 Å². The van der Waals surface area contributed by atoms with E-state index in [2.05, 4.69) is 22.4 Å². The maximum atomic E-state index is 12.4. The largest absolute Gasteiger partial charge is 0.302 e. The molecule has 3 aromatic rings. The van der Waals surface area contributed by atoms with Gasteiger partial charge in [-0.2, -0.15) is 0 Å². The summed E-state index contributed by atoms with van der Waals surface area (Å²) in [6, 6.07) is 15.2. The third-order valence-corrected chi connectivity index (χ3v) is 5.84. The van der Waals surface area contributed by atoms with Crippen LogP contribution in [0.1, 0.15) is 44.5 Å². The van der Waals surface area contributed by atoms with E-state index in [-0.39, 0.29) is 17.7 Å². The maximum absolute atomic E-state index is 12.4. The Bertz CT molecular complexity index is 1070. The number of carbonyl (C=O) groups is 3. The molecule has 3 amide bonds. The fraction of sp³-hybridized carbons (Fsp3) is 0.217. The van der Waals surface area contributed by atoms with Gasteiger partial charge in [0.15, 0.2) is 5.13 Å². The number of nitrogens with zero attached hydrogens (tertiary/aromatic N) is 2. The van der Waals surface area contributed by atoms with E-state index in [4.69, 9.17) is 0 Å². The molecule has 0 unspecified atom stereocenters. The number of aryl methyl sites for hydroxylation is 2. The van der Waals surface area contributed by atoms with Crippen molar-refractivity contribution in [2.24, 2.45) is 0 Å². The van der Waals surface area contributed by atoms with Gasteiger partial charge in [-0.15, -0.1) is 11.3 Å². The first-order chi connectivity index (χ1) is 14.5. The molecule has 152 valence electrons. The Kier molecular flexibility index (Phi) is 5.72. The Balaban J connectivity index is 1.30.